The molecule has 1 aliphatic rings. The summed E-state index contributed by atoms with van der Waals surface area (Å²) in [6, 6.07) is 0. The van der Waals surface area contributed by atoms with Crippen molar-refractivity contribution in [3.05, 3.63) is 11.5 Å². The second kappa shape index (κ2) is 2.55. The Morgan fingerprint density at radius 3 is 2.88 bits per heavy atom. The molecule has 0 spiro atoms. The highest BCUT2D eigenvalue weighted by Gasteiger charge is 2.08. The average Bonchev–Trinajstić information content (AvgIpc) is 1.77. The molecular weight excluding hydrogens is 118 g/mol. The first kappa shape index (κ1) is 6.17. The Bertz CT molecular complexity index is 88.7. The number of thioether (sulfide) groups is 1. The normalized spacial score (nSPS) is 31.0. The maximum atomic E-state index is 2.31. The maximum Gasteiger partial charge on any atom is 0.0570 e. The van der Waals surface area contributed by atoms with E-state index in [1.807, 2.05) is 11.8 Å². The van der Waals surface area contributed by atoms with Crippen molar-refractivity contribution in [2.75, 3.05) is 13.6 Å². The van der Waals surface area contributed by atoms with Gasteiger partial charge < -0.3 is 0 Å². The van der Waals surface area contributed by atoms with Crippen molar-refractivity contribution in [1.82, 2.24) is 4.90 Å². The van der Waals surface area contributed by atoms with Crippen molar-refractivity contribution in [2.45, 2.75) is 12.3 Å². The molecule has 2 heteroatoms. The van der Waals surface area contributed by atoms with Crippen molar-refractivity contribution < 1.29 is 0 Å². The summed E-state index contributed by atoms with van der Waals surface area (Å²) >= 11 is 1.87. The fourth-order valence-corrected chi connectivity index (χ4v) is 1.35. The molecule has 0 aromatic rings. The molecular formula is C6H11NS. The molecule has 1 nitrogen and oxygen atoms in total. The Kier molecular flexibility index (Phi) is 1.97. The van der Waals surface area contributed by atoms with Gasteiger partial charge in [0.05, 0.1) is 5.37 Å². The second-order valence-electron chi connectivity index (χ2n) is 2.05. The number of hydrogen-bond acceptors (Lipinski definition) is 2. The van der Waals surface area contributed by atoms with E-state index in [2.05, 4.69) is 30.4 Å². The van der Waals surface area contributed by atoms with Crippen LogP contribution in [-0.2, 0) is 0 Å². The third-order valence-corrected chi connectivity index (χ3v) is 2.49. The van der Waals surface area contributed by atoms with Gasteiger partial charge in [0.2, 0.25) is 0 Å². The van der Waals surface area contributed by atoms with E-state index in [-0.39, 0.29) is 0 Å². The molecule has 46 valence electrons. The lowest BCUT2D eigenvalue weighted by atomic mass is 10.5. The Morgan fingerprint density at radius 2 is 2.50 bits per heavy atom. The zero-order valence-corrected chi connectivity index (χ0v) is 6.11. The molecule has 0 radical (unpaired) electrons. The minimum atomic E-state index is 0.667. The smallest absolute Gasteiger partial charge is 0.0570 e. The number of hydrogen-bond donors (Lipinski definition) is 0. The highest BCUT2D eigenvalue weighted by atomic mass is 32.2. The van der Waals surface area contributed by atoms with Crippen LogP contribution in [0.25, 0.3) is 0 Å². The first-order valence-electron chi connectivity index (χ1n) is 2.81. The van der Waals surface area contributed by atoms with Crippen molar-refractivity contribution in [3.63, 3.8) is 0 Å². The lowest BCUT2D eigenvalue weighted by Gasteiger charge is -2.24. The number of nitrogens with zero attached hydrogens (tertiary/aromatic N) is 1. The van der Waals surface area contributed by atoms with Crippen molar-refractivity contribution in [2.24, 2.45) is 0 Å². The highest BCUT2D eigenvalue weighted by Crippen LogP contribution is 2.18. The molecule has 0 bridgehead atoms. The molecule has 0 amide bonds. The fraction of sp³-hybridized carbons (Fsp3) is 0.667. The minimum Gasteiger partial charge on any atom is -0.291 e. The van der Waals surface area contributed by atoms with Gasteiger partial charge in [0, 0.05) is 6.54 Å². The van der Waals surface area contributed by atoms with Crippen molar-refractivity contribution in [3.8, 4) is 0 Å². The Balaban J connectivity index is 2.44. The summed E-state index contributed by atoms with van der Waals surface area (Å²) in [5.41, 5.74) is 0. The van der Waals surface area contributed by atoms with Gasteiger partial charge in [-0.3, -0.25) is 4.90 Å². The predicted octanol–water partition coefficient (Wildman–Crippen LogP) is 1.52. The van der Waals surface area contributed by atoms with Crippen LogP contribution in [-0.4, -0.2) is 23.9 Å². The molecule has 0 saturated heterocycles. The monoisotopic (exact) mass is 129 g/mol. The summed E-state index contributed by atoms with van der Waals surface area (Å²) in [7, 11) is 2.14. The van der Waals surface area contributed by atoms with Gasteiger partial charge in [0.15, 0.2) is 0 Å². The molecule has 0 N–H and O–H groups in total. The van der Waals surface area contributed by atoms with Gasteiger partial charge in [-0.15, -0.1) is 11.8 Å². The Morgan fingerprint density at radius 1 is 1.75 bits per heavy atom. The van der Waals surface area contributed by atoms with Gasteiger partial charge in [-0.25, -0.2) is 0 Å². The van der Waals surface area contributed by atoms with Crippen molar-refractivity contribution >= 4 is 11.8 Å². The number of likely N-dealkylation sites (N-methyl/N-ethyl adjacent to an activating group) is 1. The molecule has 1 heterocycles. The molecule has 0 fully saturated rings. The van der Waals surface area contributed by atoms with E-state index in [4.69, 9.17) is 0 Å². The summed E-state index contributed by atoms with van der Waals surface area (Å²) in [5, 5.41) is 2.84. The van der Waals surface area contributed by atoms with Crippen LogP contribution in [0.15, 0.2) is 11.5 Å². The SMILES string of the molecule is CC1SC=CCN1C. The zero-order valence-electron chi connectivity index (χ0n) is 5.29. The number of rotatable bonds is 0. The summed E-state index contributed by atoms with van der Waals surface area (Å²) in [4.78, 5) is 2.31. The molecule has 8 heavy (non-hydrogen) atoms. The molecule has 1 unspecified atom stereocenters. The average molecular weight is 129 g/mol. The first-order valence-corrected chi connectivity index (χ1v) is 3.75. The van der Waals surface area contributed by atoms with Crippen LogP contribution >= 0.6 is 11.8 Å². The molecule has 1 rings (SSSR count). The Hall–Kier alpha value is 0.0500. The lowest BCUT2D eigenvalue weighted by molar-refractivity contribution is 0.361. The predicted molar refractivity (Wildman–Crippen MR) is 38.8 cm³/mol. The van der Waals surface area contributed by atoms with Gasteiger partial charge in [-0.05, 0) is 19.4 Å². The molecule has 0 aromatic carbocycles. The van der Waals surface area contributed by atoms with Crippen LogP contribution in [0, 0.1) is 0 Å². The molecule has 0 aliphatic carbocycles. The van der Waals surface area contributed by atoms with Crippen LogP contribution in [0.5, 0.6) is 0 Å². The lowest BCUT2D eigenvalue weighted by Crippen LogP contribution is -2.27. The summed E-state index contributed by atoms with van der Waals surface area (Å²) in [6.45, 7) is 3.32. The zero-order chi connectivity index (χ0) is 5.98. The van der Waals surface area contributed by atoms with Crippen molar-refractivity contribution in [1.29, 1.82) is 0 Å². The van der Waals surface area contributed by atoms with Gasteiger partial charge in [-0.1, -0.05) is 6.08 Å². The standard InChI is InChI=1S/C6H11NS/c1-6-7(2)4-3-5-8-6/h3,5-6H,4H2,1-2H3. The van der Waals surface area contributed by atoms with E-state index in [1.54, 1.807) is 0 Å². The van der Waals surface area contributed by atoms with Crippen LogP contribution in [0.1, 0.15) is 6.92 Å². The third-order valence-electron chi connectivity index (χ3n) is 1.39. The maximum absolute atomic E-state index is 2.31. The van der Waals surface area contributed by atoms with Gasteiger partial charge >= 0.3 is 0 Å². The minimum absolute atomic E-state index is 0.667. The quantitative estimate of drug-likeness (QED) is 0.488. The largest absolute Gasteiger partial charge is 0.291 e. The van der Waals surface area contributed by atoms with Crippen LogP contribution in [0.2, 0.25) is 0 Å². The van der Waals surface area contributed by atoms with E-state index in [1.165, 1.54) is 0 Å². The van der Waals surface area contributed by atoms with Gasteiger partial charge in [0.25, 0.3) is 0 Å². The molecule has 0 saturated carbocycles. The van der Waals surface area contributed by atoms with Crippen LogP contribution in [0.3, 0.4) is 0 Å². The summed E-state index contributed by atoms with van der Waals surface area (Å²) in [6.07, 6.45) is 2.19. The van der Waals surface area contributed by atoms with E-state index in [0.29, 0.717) is 5.37 Å². The van der Waals surface area contributed by atoms with Gasteiger partial charge in [-0.2, -0.15) is 0 Å². The van der Waals surface area contributed by atoms with E-state index in [0.717, 1.165) is 6.54 Å². The molecule has 0 aromatic heterocycles. The van der Waals surface area contributed by atoms with E-state index in [9.17, 15) is 0 Å². The topological polar surface area (TPSA) is 3.24 Å². The second-order valence-corrected chi connectivity index (χ2v) is 3.27. The van der Waals surface area contributed by atoms with Crippen LogP contribution in [0.4, 0.5) is 0 Å². The third kappa shape index (κ3) is 1.26. The summed E-state index contributed by atoms with van der Waals surface area (Å²) in [5.74, 6) is 0. The van der Waals surface area contributed by atoms with E-state index >= 15 is 0 Å². The fourth-order valence-electron chi connectivity index (χ4n) is 0.631. The van der Waals surface area contributed by atoms with E-state index < -0.39 is 0 Å². The molecule has 1 aliphatic heterocycles. The molecule has 1 atom stereocenters. The van der Waals surface area contributed by atoms with Crippen LogP contribution < -0.4 is 0 Å². The Labute approximate surface area is 54.8 Å². The highest BCUT2D eigenvalue weighted by molar-refractivity contribution is 8.02. The van der Waals surface area contributed by atoms with Gasteiger partial charge in [0.1, 0.15) is 0 Å². The summed E-state index contributed by atoms with van der Waals surface area (Å²) < 4.78 is 0. The first-order chi connectivity index (χ1) is 3.80.